The Balaban J connectivity index is 1.75. The molecule has 0 aromatic heterocycles. The van der Waals surface area contributed by atoms with E-state index in [1.54, 1.807) is 30.3 Å². The van der Waals surface area contributed by atoms with Crippen LogP contribution < -0.4 is 20.1 Å². The molecule has 8 heteroatoms. The lowest BCUT2D eigenvalue weighted by atomic mass is 10.1. The van der Waals surface area contributed by atoms with Crippen LogP contribution in [-0.2, 0) is 9.59 Å². The molecule has 162 valence electrons. The van der Waals surface area contributed by atoms with Crippen molar-refractivity contribution in [3.63, 3.8) is 0 Å². The van der Waals surface area contributed by atoms with Gasteiger partial charge in [0.2, 0.25) is 5.91 Å². The summed E-state index contributed by atoms with van der Waals surface area (Å²) < 4.78 is 11.1. The summed E-state index contributed by atoms with van der Waals surface area (Å²) in [6.07, 6.45) is 1.53. The van der Waals surface area contributed by atoms with Crippen molar-refractivity contribution >= 4 is 29.6 Å². The Morgan fingerprint density at radius 1 is 1.10 bits per heavy atom. The fraction of sp³-hybridized carbons (Fsp3) is 0.261. The molecule has 0 radical (unpaired) electrons. The molecule has 4 amide bonds. The average molecular weight is 423 g/mol. The van der Waals surface area contributed by atoms with Gasteiger partial charge in [0.15, 0.2) is 0 Å². The highest BCUT2D eigenvalue weighted by molar-refractivity contribution is 6.16. The van der Waals surface area contributed by atoms with Gasteiger partial charge in [-0.25, -0.2) is 9.69 Å². The van der Waals surface area contributed by atoms with E-state index in [1.807, 2.05) is 32.9 Å². The molecule has 0 atom stereocenters. The number of aryl methyl sites for hydroxylation is 1. The topological polar surface area (TPSA) is 97.0 Å². The molecule has 2 aromatic rings. The van der Waals surface area contributed by atoms with E-state index in [0.29, 0.717) is 36.0 Å². The van der Waals surface area contributed by atoms with Crippen molar-refractivity contribution in [3.05, 3.63) is 59.3 Å². The van der Waals surface area contributed by atoms with Crippen molar-refractivity contribution in [2.45, 2.75) is 20.8 Å². The van der Waals surface area contributed by atoms with Crippen LogP contribution in [0.2, 0.25) is 0 Å². The van der Waals surface area contributed by atoms with Gasteiger partial charge in [-0.05, 0) is 56.7 Å². The van der Waals surface area contributed by atoms with E-state index in [9.17, 15) is 14.4 Å². The first kappa shape index (κ1) is 21.9. The van der Waals surface area contributed by atoms with Crippen molar-refractivity contribution < 1.29 is 23.9 Å². The van der Waals surface area contributed by atoms with Gasteiger partial charge in [0, 0.05) is 17.3 Å². The fourth-order valence-corrected chi connectivity index (χ4v) is 3.11. The maximum Gasteiger partial charge on any atom is 0.329 e. The summed E-state index contributed by atoms with van der Waals surface area (Å²) in [4.78, 5) is 38.2. The zero-order valence-electron chi connectivity index (χ0n) is 17.7. The van der Waals surface area contributed by atoms with Gasteiger partial charge in [-0.3, -0.25) is 9.59 Å². The Bertz CT molecular complexity index is 1030. The van der Waals surface area contributed by atoms with E-state index in [-0.39, 0.29) is 5.70 Å². The SMILES string of the molecule is CCOc1ccc(/C=C2/NC(=O)N(CC(=O)Nc3cccc(C)c3)C2=O)c(OCC)c1. The molecule has 1 saturated heterocycles. The molecule has 3 rings (SSSR count). The highest BCUT2D eigenvalue weighted by Crippen LogP contribution is 2.28. The van der Waals surface area contributed by atoms with Gasteiger partial charge in [-0.1, -0.05) is 12.1 Å². The largest absolute Gasteiger partial charge is 0.494 e. The molecule has 1 aliphatic heterocycles. The van der Waals surface area contributed by atoms with Crippen LogP contribution in [0.1, 0.15) is 25.0 Å². The number of rotatable bonds is 8. The van der Waals surface area contributed by atoms with E-state index in [4.69, 9.17) is 9.47 Å². The summed E-state index contributed by atoms with van der Waals surface area (Å²) in [5.74, 6) is 0.120. The third kappa shape index (κ3) is 5.42. The summed E-state index contributed by atoms with van der Waals surface area (Å²) in [5.41, 5.74) is 2.26. The molecule has 8 nitrogen and oxygen atoms in total. The van der Waals surface area contributed by atoms with Gasteiger partial charge in [0.05, 0.1) is 13.2 Å². The lowest BCUT2D eigenvalue weighted by Gasteiger charge is -2.12. The fourth-order valence-electron chi connectivity index (χ4n) is 3.11. The molecule has 31 heavy (non-hydrogen) atoms. The van der Waals surface area contributed by atoms with Crippen molar-refractivity contribution in [2.24, 2.45) is 0 Å². The van der Waals surface area contributed by atoms with Crippen molar-refractivity contribution in [3.8, 4) is 11.5 Å². The molecule has 0 bridgehead atoms. The number of nitrogens with one attached hydrogen (secondary N) is 2. The second kappa shape index (κ2) is 9.80. The van der Waals surface area contributed by atoms with Gasteiger partial charge in [0.1, 0.15) is 23.7 Å². The Morgan fingerprint density at radius 3 is 2.58 bits per heavy atom. The number of nitrogens with zero attached hydrogens (tertiary/aromatic N) is 1. The highest BCUT2D eigenvalue weighted by Gasteiger charge is 2.35. The molecule has 0 spiro atoms. The predicted molar refractivity (Wildman–Crippen MR) is 117 cm³/mol. The summed E-state index contributed by atoms with van der Waals surface area (Å²) in [5, 5.41) is 5.21. The van der Waals surface area contributed by atoms with E-state index < -0.39 is 24.4 Å². The van der Waals surface area contributed by atoms with Crippen LogP contribution >= 0.6 is 0 Å². The first-order chi connectivity index (χ1) is 14.9. The lowest BCUT2D eigenvalue weighted by Crippen LogP contribution is -2.38. The minimum atomic E-state index is -0.653. The predicted octanol–water partition coefficient (Wildman–Crippen LogP) is 3.32. The molecular formula is C23H25N3O5. The zero-order chi connectivity index (χ0) is 22.4. The number of hydrogen-bond acceptors (Lipinski definition) is 5. The second-order valence-electron chi connectivity index (χ2n) is 6.86. The van der Waals surface area contributed by atoms with Gasteiger partial charge < -0.3 is 20.1 Å². The smallest absolute Gasteiger partial charge is 0.329 e. The quantitative estimate of drug-likeness (QED) is 0.502. The van der Waals surface area contributed by atoms with Crippen LogP contribution in [0.5, 0.6) is 11.5 Å². The van der Waals surface area contributed by atoms with Crippen molar-refractivity contribution in [1.82, 2.24) is 10.2 Å². The normalized spacial score (nSPS) is 14.5. The van der Waals surface area contributed by atoms with Crippen LogP contribution in [0.4, 0.5) is 10.5 Å². The van der Waals surface area contributed by atoms with Crippen LogP contribution in [-0.4, -0.2) is 42.5 Å². The summed E-state index contributed by atoms with van der Waals surface area (Å²) in [7, 11) is 0. The highest BCUT2D eigenvalue weighted by atomic mass is 16.5. The van der Waals surface area contributed by atoms with Crippen LogP contribution in [0.3, 0.4) is 0 Å². The van der Waals surface area contributed by atoms with Crippen LogP contribution in [0.25, 0.3) is 6.08 Å². The molecule has 0 aliphatic carbocycles. The third-order valence-corrected chi connectivity index (χ3v) is 4.46. The molecule has 1 heterocycles. The molecule has 0 unspecified atom stereocenters. The van der Waals surface area contributed by atoms with Gasteiger partial charge in [0.25, 0.3) is 5.91 Å². The zero-order valence-corrected chi connectivity index (χ0v) is 17.7. The van der Waals surface area contributed by atoms with E-state index in [1.165, 1.54) is 6.08 Å². The second-order valence-corrected chi connectivity index (χ2v) is 6.86. The number of ether oxygens (including phenoxy) is 2. The number of carbonyl (C=O) groups is 3. The summed E-state index contributed by atoms with van der Waals surface area (Å²) in [6, 6.07) is 11.8. The number of anilines is 1. The first-order valence-corrected chi connectivity index (χ1v) is 10.0. The van der Waals surface area contributed by atoms with Crippen molar-refractivity contribution in [1.29, 1.82) is 0 Å². The van der Waals surface area contributed by atoms with Crippen LogP contribution in [0.15, 0.2) is 48.2 Å². The average Bonchev–Trinajstić information content (AvgIpc) is 2.97. The minimum absolute atomic E-state index is 0.0680. The van der Waals surface area contributed by atoms with Gasteiger partial charge >= 0.3 is 6.03 Å². The van der Waals surface area contributed by atoms with Crippen molar-refractivity contribution in [2.75, 3.05) is 25.1 Å². The monoisotopic (exact) mass is 423 g/mol. The van der Waals surface area contributed by atoms with E-state index in [0.717, 1.165) is 10.5 Å². The molecule has 1 fully saturated rings. The summed E-state index contributed by atoms with van der Waals surface area (Å²) >= 11 is 0. The maximum absolute atomic E-state index is 12.7. The number of hydrogen-bond donors (Lipinski definition) is 2. The van der Waals surface area contributed by atoms with Gasteiger partial charge in [-0.2, -0.15) is 0 Å². The number of amides is 4. The Morgan fingerprint density at radius 2 is 1.87 bits per heavy atom. The van der Waals surface area contributed by atoms with E-state index >= 15 is 0 Å². The number of benzene rings is 2. The Labute approximate surface area is 180 Å². The Hall–Kier alpha value is -3.81. The third-order valence-electron chi connectivity index (χ3n) is 4.46. The molecule has 2 N–H and O–H groups in total. The number of carbonyl (C=O) groups excluding carboxylic acids is 3. The number of urea groups is 1. The minimum Gasteiger partial charge on any atom is -0.494 e. The standard InChI is InChI=1S/C23H25N3O5/c1-4-30-18-10-9-16(20(13-18)31-5-2)12-19-22(28)26(23(29)25-19)14-21(27)24-17-8-6-7-15(3)11-17/h6-13H,4-5,14H2,1-3H3,(H,24,27)(H,25,29)/b19-12+. The first-order valence-electron chi connectivity index (χ1n) is 10.0. The summed E-state index contributed by atoms with van der Waals surface area (Å²) in [6.45, 7) is 6.19. The van der Waals surface area contributed by atoms with Crippen LogP contribution in [0, 0.1) is 6.92 Å². The molecule has 2 aromatic carbocycles. The van der Waals surface area contributed by atoms with Gasteiger partial charge in [-0.15, -0.1) is 0 Å². The molecule has 0 saturated carbocycles. The lowest BCUT2D eigenvalue weighted by molar-refractivity contribution is -0.127. The molecular weight excluding hydrogens is 398 g/mol. The van der Waals surface area contributed by atoms with E-state index in [2.05, 4.69) is 10.6 Å². The number of imide groups is 1. The molecule has 1 aliphatic rings. The Kier molecular flexibility index (Phi) is 6.92. The maximum atomic E-state index is 12.7.